The van der Waals surface area contributed by atoms with Crippen molar-refractivity contribution in [1.82, 2.24) is 14.5 Å². The molecule has 14 aromatic carbocycles. The number of anilines is 6. The number of benzene rings is 14. The standard InChI is InChI=1S/C89H57BF3N5/c91-89(92,93)76-45-44-70(56-75(76)88-94-79(62-33-15-5-16-34-62)57-80(95-88)63-35-17-6-18-36-63)96-81-40-22-19-37-73(81)74-53-64(43-46-82(74)96)69-54-85-87-86(55-69)98(72-51-67(60-29-11-3-12-30-60)48-68(52-72)61-31-13-4-14-32-61)84-42-24-21-39-78(84)90(87)77-38-20-23-41-83(77)97(85)71-49-65(58-25-7-1-8-26-58)47-66(50-71)59-27-9-2-10-28-59/h1-57H. The van der Waals surface area contributed by atoms with Gasteiger partial charge in [-0.3, -0.25) is 0 Å². The summed E-state index contributed by atoms with van der Waals surface area (Å²) in [5, 5.41) is 1.88. The van der Waals surface area contributed by atoms with Gasteiger partial charge in [-0.25, -0.2) is 9.97 Å². The Morgan fingerprint density at radius 3 is 1.13 bits per heavy atom. The molecule has 0 spiro atoms. The lowest BCUT2D eigenvalue weighted by Crippen LogP contribution is -2.61. The molecule has 0 bridgehead atoms. The topological polar surface area (TPSA) is 37.2 Å². The molecule has 9 heteroatoms. The first-order valence-electron chi connectivity index (χ1n) is 33.0. The van der Waals surface area contributed by atoms with E-state index in [9.17, 15) is 0 Å². The Labute approximate surface area is 566 Å². The Hall–Kier alpha value is -12.6. The van der Waals surface area contributed by atoms with Gasteiger partial charge in [-0.15, -0.1) is 0 Å². The highest BCUT2D eigenvalue weighted by Crippen LogP contribution is 2.50. The van der Waals surface area contributed by atoms with Gasteiger partial charge in [-0.1, -0.05) is 243 Å². The number of hydrogen-bond donors (Lipinski definition) is 0. The summed E-state index contributed by atoms with van der Waals surface area (Å²) in [6.07, 6.45) is -4.73. The Morgan fingerprint density at radius 1 is 0.276 bits per heavy atom. The van der Waals surface area contributed by atoms with Crippen LogP contribution in [0.25, 0.3) is 117 Å². The zero-order chi connectivity index (χ0) is 65.4. The summed E-state index contributed by atoms with van der Waals surface area (Å²) in [6, 6.07) is 119. The second-order valence-corrected chi connectivity index (χ2v) is 25.2. The number of nitrogens with zero attached hydrogens (tertiary/aromatic N) is 5. The van der Waals surface area contributed by atoms with E-state index in [1.807, 2.05) is 84.9 Å². The van der Waals surface area contributed by atoms with Crippen molar-refractivity contribution >= 4 is 79.0 Å². The van der Waals surface area contributed by atoms with Crippen LogP contribution in [0.1, 0.15) is 5.56 Å². The van der Waals surface area contributed by atoms with E-state index in [1.54, 1.807) is 12.1 Å². The minimum atomic E-state index is -4.73. The highest BCUT2D eigenvalue weighted by molar-refractivity contribution is 7.00. The van der Waals surface area contributed by atoms with E-state index in [2.05, 4.69) is 257 Å². The van der Waals surface area contributed by atoms with Crippen LogP contribution in [-0.4, -0.2) is 21.2 Å². The van der Waals surface area contributed by atoms with E-state index < -0.39 is 11.7 Å². The SMILES string of the molecule is FC(F)(F)c1ccc(-n2c3ccccc3c3cc(-c4cc5c6c(c4)N(c4cc(-c7ccccc7)cc(-c7ccccc7)c4)c4ccccc4B6c4ccccc4N5c4cc(-c5ccccc5)cc(-c5ccccc5)c4)ccc32)cc1-c1nc(-c2ccccc2)cc(-c2ccccc2)n1. The van der Waals surface area contributed by atoms with Gasteiger partial charge < -0.3 is 14.4 Å². The van der Waals surface area contributed by atoms with Crippen LogP contribution in [0.3, 0.4) is 0 Å². The van der Waals surface area contributed by atoms with Gasteiger partial charge in [-0.05, 0) is 175 Å². The van der Waals surface area contributed by atoms with E-state index in [-0.39, 0.29) is 18.1 Å². The molecule has 5 nitrogen and oxygen atoms in total. The van der Waals surface area contributed by atoms with E-state index in [0.717, 1.165) is 123 Å². The van der Waals surface area contributed by atoms with Crippen LogP contribution >= 0.6 is 0 Å². The van der Waals surface area contributed by atoms with Crippen molar-refractivity contribution in [3.8, 4) is 95.2 Å². The second kappa shape index (κ2) is 23.7. The van der Waals surface area contributed by atoms with E-state index in [0.29, 0.717) is 17.1 Å². The number of alkyl halides is 3. The van der Waals surface area contributed by atoms with Crippen molar-refractivity contribution in [2.75, 3.05) is 9.80 Å². The molecule has 18 rings (SSSR count). The van der Waals surface area contributed by atoms with Crippen molar-refractivity contribution in [1.29, 1.82) is 0 Å². The first-order chi connectivity index (χ1) is 48.2. The molecule has 16 aromatic rings. The molecule has 2 aliphatic rings. The zero-order valence-electron chi connectivity index (χ0n) is 52.9. The van der Waals surface area contributed by atoms with E-state index >= 15 is 13.2 Å². The fraction of sp³-hybridized carbons (Fsp3) is 0.0112. The smallest absolute Gasteiger partial charge is 0.311 e. The zero-order valence-corrected chi connectivity index (χ0v) is 52.9. The molecule has 0 saturated heterocycles. The maximum Gasteiger partial charge on any atom is 0.417 e. The molecule has 0 aliphatic carbocycles. The molecule has 0 atom stereocenters. The number of aromatic nitrogens is 3. The van der Waals surface area contributed by atoms with Crippen LogP contribution in [0.15, 0.2) is 346 Å². The first-order valence-corrected chi connectivity index (χ1v) is 33.0. The monoisotopic (exact) mass is 1260 g/mol. The summed E-state index contributed by atoms with van der Waals surface area (Å²) < 4.78 is 48.9. The van der Waals surface area contributed by atoms with Crippen LogP contribution in [-0.2, 0) is 6.18 Å². The Bertz CT molecular complexity index is 5370. The first kappa shape index (κ1) is 58.0. The summed E-state index contributed by atoms with van der Waals surface area (Å²) >= 11 is 0. The van der Waals surface area contributed by atoms with Crippen molar-refractivity contribution in [2.24, 2.45) is 0 Å². The summed E-state index contributed by atoms with van der Waals surface area (Å²) in [4.78, 5) is 14.9. The highest BCUT2D eigenvalue weighted by Gasteiger charge is 2.44. The lowest BCUT2D eigenvalue weighted by atomic mass is 9.33. The van der Waals surface area contributed by atoms with Gasteiger partial charge in [0, 0.05) is 67.3 Å². The van der Waals surface area contributed by atoms with Crippen molar-refractivity contribution in [2.45, 2.75) is 6.18 Å². The second-order valence-electron chi connectivity index (χ2n) is 25.2. The van der Waals surface area contributed by atoms with Crippen molar-refractivity contribution < 1.29 is 13.2 Å². The molecule has 2 aromatic heterocycles. The van der Waals surface area contributed by atoms with Crippen LogP contribution in [0.5, 0.6) is 0 Å². The Morgan fingerprint density at radius 2 is 0.673 bits per heavy atom. The number of rotatable bonds is 11. The van der Waals surface area contributed by atoms with Gasteiger partial charge in [0.25, 0.3) is 6.71 Å². The minimum Gasteiger partial charge on any atom is -0.311 e. The summed E-state index contributed by atoms with van der Waals surface area (Å²) in [5.41, 5.74) is 24.4. The van der Waals surface area contributed by atoms with Gasteiger partial charge in [0.2, 0.25) is 0 Å². The minimum absolute atomic E-state index is 0.0273. The summed E-state index contributed by atoms with van der Waals surface area (Å²) in [7, 11) is 0. The predicted molar refractivity (Wildman–Crippen MR) is 399 cm³/mol. The maximum absolute atomic E-state index is 15.6. The number of hydrogen-bond acceptors (Lipinski definition) is 4. The normalized spacial score (nSPS) is 12.4. The molecule has 98 heavy (non-hydrogen) atoms. The quantitative estimate of drug-likeness (QED) is 0.121. The van der Waals surface area contributed by atoms with Gasteiger partial charge in [0.1, 0.15) is 0 Å². The number of halogens is 3. The molecule has 0 amide bonds. The Balaban J connectivity index is 0.884. The lowest BCUT2D eigenvalue weighted by Gasteiger charge is -2.44. The van der Waals surface area contributed by atoms with Gasteiger partial charge in [0.05, 0.1) is 28.0 Å². The molecule has 4 heterocycles. The molecule has 0 unspecified atom stereocenters. The lowest BCUT2D eigenvalue weighted by molar-refractivity contribution is -0.137. The summed E-state index contributed by atoms with van der Waals surface area (Å²) in [5.74, 6) is -0.0273. The van der Waals surface area contributed by atoms with Crippen LogP contribution in [0, 0.1) is 0 Å². The van der Waals surface area contributed by atoms with Crippen molar-refractivity contribution in [3.05, 3.63) is 351 Å². The van der Waals surface area contributed by atoms with Gasteiger partial charge in [-0.2, -0.15) is 13.2 Å². The van der Waals surface area contributed by atoms with Crippen LogP contribution in [0.2, 0.25) is 0 Å². The average molecular weight is 1260 g/mol. The molecular formula is C89H57BF3N5. The van der Waals surface area contributed by atoms with Gasteiger partial charge in [0.15, 0.2) is 5.82 Å². The molecule has 0 radical (unpaired) electrons. The Kier molecular flexibility index (Phi) is 14.0. The largest absolute Gasteiger partial charge is 0.417 e. The number of fused-ring (bicyclic) bond motifs is 7. The maximum atomic E-state index is 15.6. The third-order valence-corrected chi connectivity index (χ3v) is 19.3. The molecule has 462 valence electrons. The molecular weight excluding hydrogens is 1210 g/mol. The third-order valence-electron chi connectivity index (χ3n) is 19.3. The van der Waals surface area contributed by atoms with E-state index in [4.69, 9.17) is 9.97 Å². The van der Waals surface area contributed by atoms with Gasteiger partial charge >= 0.3 is 6.18 Å². The summed E-state index contributed by atoms with van der Waals surface area (Å²) in [6.45, 7) is -0.157. The van der Waals surface area contributed by atoms with E-state index in [1.165, 1.54) is 22.5 Å². The fourth-order valence-corrected chi connectivity index (χ4v) is 14.9. The molecule has 0 fully saturated rings. The predicted octanol–water partition coefficient (Wildman–Crippen LogP) is 22.0. The average Bonchev–Trinajstić information content (AvgIpc) is 0.781. The highest BCUT2D eigenvalue weighted by atomic mass is 19.4. The molecule has 0 saturated carbocycles. The molecule has 2 aliphatic heterocycles. The molecule has 0 N–H and O–H groups in total. The number of para-hydroxylation sites is 3. The van der Waals surface area contributed by atoms with Crippen LogP contribution in [0.4, 0.5) is 47.3 Å². The third kappa shape index (κ3) is 10.1. The van der Waals surface area contributed by atoms with Crippen molar-refractivity contribution in [3.63, 3.8) is 0 Å². The fourth-order valence-electron chi connectivity index (χ4n) is 14.9. The van der Waals surface area contributed by atoms with Crippen LogP contribution < -0.4 is 26.2 Å².